The van der Waals surface area contributed by atoms with E-state index in [0.29, 0.717) is 27.7 Å². The molecule has 3 rings (SSSR count). The highest BCUT2D eigenvalue weighted by Crippen LogP contribution is 2.40. The van der Waals surface area contributed by atoms with Gasteiger partial charge in [-0.2, -0.15) is 0 Å². The molecule has 1 fully saturated rings. The molecule has 130 valence electrons. The van der Waals surface area contributed by atoms with Gasteiger partial charge in [-0.25, -0.2) is 8.78 Å². The predicted octanol–water partition coefficient (Wildman–Crippen LogP) is 2.49. The minimum absolute atomic E-state index is 0.132. The second-order valence-corrected chi connectivity index (χ2v) is 6.01. The summed E-state index contributed by atoms with van der Waals surface area (Å²) in [6.45, 7) is 0. The van der Waals surface area contributed by atoms with Crippen LogP contribution < -0.4 is 16.8 Å². The third-order valence-corrected chi connectivity index (χ3v) is 4.24. The summed E-state index contributed by atoms with van der Waals surface area (Å²) >= 11 is 0. The molecule has 1 saturated carbocycles. The fourth-order valence-corrected chi connectivity index (χ4v) is 2.91. The summed E-state index contributed by atoms with van der Waals surface area (Å²) in [5.41, 5.74) is 13.1. The molecule has 0 atom stereocenters. The molecule has 6 nitrogen and oxygen atoms in total. The highest BCUT2D eigenvalue weighted by molar-refractivity contribution is 6.11. The van der Waals surface area contributed by atoms with E-state index < -0.39 is 17.9 Å². The van der Waals surface area contributed by atoms with Crippen LogP contribution in [0.5, 0.6) is 0 Å². The molecule has 6 N–H and O–H groups in total. The molecule has 2 aromatic rings. The number of amides is 1. The molecule has 0 bridgehead atoms. The molecule has 25 heavy (non-hydrogen) atoms. The van der Waals surface area contributed by atoms with Crippen LogP contribution in [-0.4, -0.2) is 29.1 Å². The Kier molecular flexibility index (Phi) is 4.12. The van der Waals surface area contributed by atoms with E-state index in [1.807, 2.05) is 0 Å². The number of hydrogen-bond acceptors (Lipinski definition) is 5. The summed E-state index contributed by atoms with van der Waals surface area (Å²) in [7, 11) is 0. The second kappa shape index (κ2) is 6.12. The highest BCUT2D eigenvalue weighted by Gasteiger charge is 2.45. The largest absolute Gasteiger partial charge is 0.404 e. The Morgan fingerprint density at radius 2 is 2.12 bits per heavy atom. The lowest BCUT2D eigenvalue weighted by molar-refractivity contribution is -0.0793. The van der Waals surface area contributed by atoms with Gasteiger partial charge >= 0.3 is 0 Å². The van der Waals surface area contributed by atoms with E-state index in [0.717, 1.165) is 6.21 Å². The van der Waals surface area contributed by atoms with Crippen molar-refractivity contribution in [3.05, 3.63) is 41.7 Å². The first-order chi connectivity index (χ1) is 11.8. The van der Waals surface area contributed by atoms with Gasteiger partial charge in [-0.1, -0.05) is 6.07 Å². The number of carbonyl (C=O) groups excluding carboxylic acids is 1. The second-order valence-electron chi connectivity index (χ2n) is 6.01. The molecule has 0 aliphatic heterocycles. The molecule has 1 aliphatic carbocycles. The molecule has 1 aromatic heterocycles. The Morgan fingerprint density at radius 3 is 2.68 bits per heavy atom. The maximum atomic E-state index is 13.1. The van der Waals surface area contributed by atoms with E-state index in [2.05, 4.69) is 10.3 Å². The summed E-state index contributed by atoms with van der Waals surface area (Å²) in [6, 6.07) is 4.71. The minimum Gasteiger partial charge on any atom is -0.404 e. The predicted molar refractivity (Wildman–Crippen MR) is 92.8 cm³/mol. The number of nitrogens with zero attached hydrogens (tertiary/aromatic N) is 1. The number of halogens is 2. The number of hydrogen-bond donors (Lipinski definition) is 4. The number of alkyl halides is 2. The first kappa shape index (κ1) is 16.8. The van der Waals surface area contributed by atoms with E-state index in [-0.39, 0.29) is 18.4 Å². The summed E-state index contributed by atoms with van der Waals surface area (Å²) in [6.07, 6.45) is 3.12. The molecule has 1 aromatic carbocycles. The van der Waals surface area contributed by atoms with Crippen LogP contribution in [0.1, 0.15) is 28.8 Å². The molecule has 0 saturated heterocycles. The standard InChI is InChI=1S/C17H17F2N5O/c18-17(19)4-11(5-17)24-15-12-3-9(10(6-20)7-21)1-2-14(12)23-8-13(15)16(22)25/h1-3,6-8,11,20H,4-5,21H2,(H2,22,25)(H,23,24)/b10-7+,20-6?. The van der Waals surface area contributed by atoms with Crippen LogP contribution in [0, 0.1) is 5.41 Å². The van der Waals surface area contributed by atoms with Crippen molar-refractivity contribution in [1.29, 1.82) is 5.41 Å². The highest BCUT2D eigenvalue weighted by atomic mass is 19.3. The Labute approximate surface area is 142 Å². The minimum atomic E-state index is -2.69. The van der Waals surface area contributed by atoms with Gasteiger partial charge in [0.1, 0.15) is 0 Å². The van der Waals surface area contributed by atoms with Crippen LogP contribution in [0.25, 0.3) is 16.5 Å². The van der Waals surface area contributed by atoms with Crippen LogP contribution >= 0.6 is 0 Å². The van der Waals surface area contributed by atoms with E-state index >= 15 is 0 Å². The average molecular weight is 345 g/mol. The SMILES string of the molecule is N=C/C(=C\N)c1ccc2ncc(C(N)=O)c(NC3CC(F)(F)C3)c2c1. The van der Waals surface area contributed by atoms with Crippen LogP contribution in [0.2, 0.25) is 0 Å². The number of nitrogens with two attached hydrogens (primary N) is 2. The Morgan fingerprint density at radius 1 is 1.40 bits per heavy atom. The number of pyridine rings is 1. The van der Waals surface area contributed by atoms with Crippen LogP contribution in [0.15, 0.2) is 30.6 Å². The fourth-order valence-electron chi connectivity index (χ4n) is 2.91. The number of rotatable bonds is 5. The normalized spacial score (nSPS) is 17.1. The van der Waals surface area contributed by atoms with Gasteiger partial charge in [-0.3, -0.25) is 9.78 Å². The van der Waals surface area contributed by atoms with Gasteiger partial charge in [0.2, 0.25) is 0 Å². The zero-order valence-corrected chi connectivity index (χ0v) is 13.2. The van der Waals surface area contributed by atoms with E-state index in [9.17, 15) is 13.6 Å². The molecule has 0 unspecified atom stereocenters. The van der Waals surface area contributed by atoms with Crippen molar-refractivity contribution < 1.29 is 13.6 Å². The van der Waals surface area contributed by atoms with Gasteiger partial charge in [0.25, 0.3) is 11.8 Å². The van der Waals surface area contributed by atoms with Crippen LogP contribution in [0.3, 0.4) is 0 Å². The third-order valence-electron chi connectivity index (χ3n) is 4.24. The number of carbonyl (C=O) groups is 1. The number of nitrogens with one attached hydrogen (secondary N) is 2. The monoisotopic (exact) mass is 345 g/mol. The average Bonchev–Trinajstić information content (AvgIpc) is 2.54. The molecular formula is C17H17F2N5O. The maximum absolute atomic E-state index is 13.1. The van der Waals surface area contributed by atoms with Crippen molar-refractivity contribution in [3.8, 4) is 0 Å². The number of allylic oxidation sites excluding steroid dienone is 1. The molecule has 1 amide bonds. The lowest BCUT2D eigenvalue weighted by Crippen LogP contribution is -2.44. The Balaban J connectivity index is 2.12. The van der Waals surface area contributed by atoms with Crippen molar-refractivity contribution in [2.24, 2.45) is 11.5 Å². The number of fused-ring (bicyclic) bond motifs is 1. The van der Waals surface area contributed by atoms with Gasteiger partial charge in [0, 0.05) is 48.5 Å². The van der Waals surface area contributed by atoms with Gasteiger partial charge in [0.05, 0.1) is 16.8 Å². The maximum Gasteiger partial charge on any atom is 0.252 e. The molecule has 0 radical (unpaired) electrons. The molecule has 1 heterocycles. The molecule has 0 spiro atoms. The van der Waals surface area contributed by atoms with E-state index in [1.54, 1.807) is 18.2 Å². The zero-order chi connectivity index (χ0) is 18.2. The first-order valence-corrected chi connectivity index (χ1v) is 7.64. The molecular weight excluding hydrogens is 328 g/mol. The number of anilines is 1. The lowest BCUT2D eigenvalue weighted by Gasteiger charge is -2.36. The third kappa shape index (κ3) is 3.15. The summed E-state index contributed by atoms with van der Waals surface area (Å²) in [5.74, 6) is -3.39. The fraction of sp³-hybridized carbons (Fsp3) is 0.235. The summed E-state index contributed by atoms with van der Waals surface area (Å²) < 4.78 is 26.3. The zero-order valence-electron chi connectivity index (χ0n) is 13.2. The van der Waals surface area contributed by atoms with Crippen molar-refractivity contribution in [2.75, 3.05) is 5.32 Å². The van der Waals surface area contributed by atoms with E-state index in [4.69, 9.17) is 16.9 Å². The van der Waals surface area contributed by atoms with Crippen LogP contribution in [0.4, 0.5) is 14.5 Å². The first-order valence-electron chi connectivity index (χ1n) is 7.64. The number of benzene rings is 1. The van der Waals surface area contributed by atoms with Crippen LogP contribution in [-0.2, 0) is 0 Å². The summed E-state index contributed by atoms with van der Waals surface area (Å²) in [5, 5.41) is 11.0. The number of aromatic nitrogens is 1. The van der Waals surface area contributed by atoms with Gasteiger partial charge < -0.3 is 22.2 Å². The Bertz CT molecular complexity index is 886. The van der Waals surface area contributed by atoms with Crippen molar-refractivity contribution >= 4 is 34.3 Å². The van der Waals surface area contributed by atoms with Crippen molar-refractivity contribution in [3.63, 3.8) is 0 Å². The molecule has 1 aliphatic rings. The lowest BCUT2D eigenvalue weighted by atomic mass is 9.87. The Hall–Kier alpha value is -3.03. The number of primary amides is 1. The van der Waals surface area contributed by atoms with E-state index in [1.165, 1.54) is 12.4 Å². The molecule has 8 heteroatoms. The van der Waals surface area contributed by atoms with Gasteiger partial charge in [-0.05, 0) is 17.7 Å². The smallest absolute Gasteiger partial charge is 0.252 e. The quantitative estimate of drug-likeness (QED) is 0.623. The summed E-state index contributed by atoms with van der Waals surface area (Å²) in [4.78, 5) is 15.9. The van der Waals surface area contributed by atoms with Crippen molar-refractivity contribution in [1.82, 2.24) is 4.98 Å². The van der Waals surface area contributed by atoms with Crippen molar-refractivity contribution in [2.45, 2.75) is 24.8 Å². The topological polar surface area (TPSA) is 118 Å². The van der Waals surface area contributed by atoms with Gasteiger partial charge in [-0.15, -0.1) is 0 Å². The van der Waals surface area contributed by atoms with Gasteiger partial charge in [0.15, 0.2) is 0 Å².